The van der Waals surface area contributed by atoms with Crippen LogP contribution in [0.5, 0.6) is 0 Å². The highest BCUT2D eigenvalue weighted by molar-refractivity contribution is 7.11. The van der Waals surface area contributed by atoms with Gasteiger partial charge in [-0.25, -0.2) is 4.98 Å². The van der Waals surface area contributed by atoms with Gasteiger partial charge < -0.3 is 16.0 Å². The summed E-state index contributed by atoms with van der Waals surface area (Å²) in [6.45, 7) is 2.24. The van der Waals surface area contributed by atoms with Gasteiger partial charge in [0, 0.05) is 29.9 Å². The first-order valence-corrected chi connectivity index (χ1v) is 8.28. The van der Waals surface area contributed by atoms with Crippen molar-refractivity contribution in [2.45, 2.75) is 19.1 Å². The van der Waals surface area contributed by atoms with Crippen LogP contribution in [0, 0.1) is 0 Å². The molecule has 1 aliphatic rings. The van der Waals surface area contributed by atoms with E-state index in [-0.39, 0.29) is 12.1 Å². The highest BCUT2D eigenvalue weighted by Gasteiger charge is 2.25. The molecule has 7 heteroatoms. The molecule has 3 N–H and O–H groups in total. The third kappa shape index (κ3) is 3.25. The molecule has 0 fully saturated rings. The Labute approximate surface area is 139 Å². The van der Waals surface area contributed by atoms with E-state index in [9.17, 15) is 4.79 Å². The fraction of sp³-hybridized carbons (Fsp3) is 0.312. The van der Waals surface area contributed by atoms with Crippen molar-refractivity contribution in [1.82, 2.24) is 10.3 Å². The number of hydrogen-bond donors (Lipinski definition) is 2. The maximum absolute atomic E-state index is 12.0. The normalized spacial score (nSPS) is 18.7. The van der Waals surface area contributed by atoms with Crippen molar-refractivity contribution in [2.24, 2.45) is 10.7 Å². The van der Waals surface area contributed by atoms with Gasteiger partial charge in [-0.3, -0.25) is 9.79 Å². The summed E-state index contributed by atoms with van der Waals surface area (Å²) >= 11 is 1.53. The minimum atomic E-state index is -0.565. The zero-order valence-electron chi connectivity index (χ0n) is 13.1. The Kier molecular flexibility index (Phi) is 4.40. The Morgan fingerprint density at radius 3 is 2.96 bits per heavy atom. The molecule has 120 valence electrons. The summed E-state index contributed by atoms with van der Waals surface area (Å²) in [5.41, 5.74) is 8.54. The van der Waals surface area contributed by atoms with Gasteiger partial charge in [-0.15, -0.1) is 11.3 Å². The number of nitrogens with zero attached hydrogens (tertiary/aromatic N) is 3. The standard InChI is InChI=1S/C16H19N5OS/c1-10(17)15(22)20-13-9-21(2)12-6-4-3-5-11(12)14(19-13)16-18-7-8-23-16/h3-8,10,13H,9,17H2,1-2H3,(H,20,22)/t10-,13?/m0/s1. The largest absolute Gasteiger partial charge is 0.370 e. The van der Waals surface area contributed by atoms with Crippen molar-refractivity contribution in [1.29, 1.82) is 0 Å². The van der Waals surface area contributed by atoms with Gasteiger partial charge in [0.05, 0.1) is 12.6 Å². The minimum Gasteiger partial charge on any atom is -0.370 e. The fourth-order valence-electron chi connectivity index (χ4n) is 2.52. The van der Waals surface area contributed by atoms with Crippen molar-refractivity contribution < 1.29 is 4.79 Å². The molecule has 2 aromatic rings. The Balaban J connectivity index is 2.04. The summed E-state index contributed by atoms with van der Waals surface area (Å²) < 4.78 is 0. The van der Waals surface area contributed by atoms with E-state index >= 15 is 0 Å². The number of aromatic nitrogens is 1. The van der Waals surface area contributed by atoms with Gasteiger partial charge in [-0.05, 0) is 13.0 Å². The topological polar surface area (TPSA) is 83.6 Å². The lowest BCUT2D eigenvalue weighted by atomic mass is 10.1. The Morgan fingerprint density at radius 1 is 1.48 bits per heavy atom. The van der Waals surface area contributed by atoms with Gasteiger partial charge in [-0.1, -0.05) is 18.2 Å². The predicted octanol–water partition coefficient (Wildman–Crippen LogP) is 1.22. The summed E-state index contributed by atoms with van der Waals surface area (Å²) in [5, 5.41) is 5.66. The Hall–Kier alpha value is -2.25. The summed E-state index contributed by atoms with van der Waals surface area (Å²) in [4.78, 5) is 23.2. The van der Waals surface area contributed by atoms with Crippen LogP contribution < -0.4 is 16.0 Å². The molecule has 6 nitrogen and oxygen atoms in total. The molecule has 0 radical (unpaired) electrons. The first-order valence-electron chi connectivity index (χ1n) is 7.40. The molecule has 0 spiro atoms. The maximum atomic E-state index is 12.0. The SMILES string of the molecule is C[C@H](N)C(=O)NC1CN(C)c2ccccc2C(c2nccs2)=N1. The second-order valence-corrected chi connectivity index (χ2v) is 6.42. The van der Waals surface area contributed by atoms with Gasteiger partial charge in [0.1, 0.15) is 16.9 Å². The summed E-state index contributed by atoms with van der Waals surface area (Å²) in [5.74, 6) is -0.211. The fourth-order valence-corrected chi connectivity index (χ4v) is 3.16. The number of anilines is 1. The molecule has 1 aromatic carbocycles. The Morgan fingerprint density at radius 2 is 2.26 bits per heavy atom. The van der Waals surface area contributed by atoms with Crippen molar-refractivity contribution in [2.75, 3.05) is 18.5 Å². The van der Waals surface area contributed by atoms with E-state index in [0.29, 0.717) is 6.54 Å². The van der Waals surface area contributed by atoms with E-state index in [2.05, 4.69) is 15.2 Å². The quantitative estimate of drug-likeness (QED) is 0.887. The van der Waals surface area contributed by atoms with Crippen molar-refractivity contribution in [3.63, 3.8) is 0 Å². The van der Waals surface area contributed by atoms with Crippen LogP contribution in [0.2, 0.25) is 0 Å². The number of amides is 1. The van der Waals surface area contributed by atoms with Crippen LogP contribution in [0.25, 0.3) is 0 Å². The van der Waals surface area contributed by atoms with E-state index in [1.165, 1.54) is 11.3 Å². The molecule has 0 saturated carbocycles. The summed E-state index contributed by atoms with van der Waals surface area (Å²) in [7, 11) is 1.99. The number of nitrogens with one attached hydrogen (secondary N) is 1. The number of likely N-dealkylation sites (N-methyl/N-ethyl adjacent to an activating group) is 1. The molecule has 2 atom stereocenters. The van der Waals surface area contributed by atoms with Crippen LogP contribution in [0.1, 0.15) is 17.5 Å². The molecule has 1 aliphatic heterocycles. The maximum Gasteiger partial charge on any atom is 0.238 e. The average Bonchev–Trinajstić information content (AvgIpc) is 3.02. The van der Waals surface area contributed by atoms with Crippen molar-refractivity contribution in [3.05, 3.63) is 46.4 Å². The number of aliphatic imine (C=N–C) groups is 1. The lowest BCUT2D eigenvalue weighted by Crippen LogP contribution is -2.47. The van der Waals surface area contributed by atoms with E-state index < -0.39 is 6.04 Å². The van der Waals surface area contributed by atoms with Gasteiger partial charge >= 0.3 is 0 Å². The molecule has 0 aliphatic carbocycles. The molecular weight excluding hydrogens is 310 g/mol. The highest BCUT2D eigenvalue weighted by atomic mass is 32.1. The van der Waals surface area contributed by atoms with Crippen molar-refractivity contribution in [3.8, 4) is 0 Å². The third-order valence-electron chi connectivity index (χ3n) is 3.66. The number of benzodiazepines with no additional fused rings is 1. The molecule has 1 aromatic heterocycles. The second-order valence-electron chi connectivity index (χ2n) is 5.53. The first-order chi connectivity index (χ1) is 11.1. The number of hydrogen-bond acceptors (Lipinski definition) is 6. The van der Waals surface area contributed by atoms with E-state index in [1.54, 1.807) is 13.1 Å². The van der Waals surface area contributed by atoms with Crippen LogP contribution in [-0.2, 0) is 4.79 Å². The first kappa shape index (κ1) is 15.6. The molecule has 0 saturated heterocycles. The molecule has 0 bridgehead atoms. The molecule has 3 rings (SSSR count). The zero-order valence-corrected chi connectivity index (χ0v) is 13.9. The monoisotopic (exact) mass is 329 g/mol. The van der Waals surface area contributed by atoms with Crippen LogP contribution >= 0.6 is 11.3 Å². The number of fused-ring (bicyclic) bond motifs is 1. The number of carbonyl (C=O) groups excluding carboxylic acids is 1. The number of rotatable bonds is 3. The number of carbonyl (C=O) groups is 1. The van der Waals surface area contributed by atoms with Crippen molar-refractivity contribution >= 4 is 28.6 Å². The number of para-hydroxylation sites is 1. The van der Waals surface area contributed by atoms with E-state index in [0.717, 1.165) is 22.0 Å². The molecule has 1 amide bonds. The molecule has 1 unspecified atom stereocenters. The highest BCUT2D eigenvalue weighted by Crippen LogP contribution is 2.27. The van der Waals surface area contributed by atoms with Gasteiger partial charge in [0.15, 0.2) is 0 Å². The van der Waals surface area contributed by atoms with Gasteiger partial charge in [-0.2, -0.15) is 0 Å². The Bertz CT molecular complexity index is 726. The van der Waals surface area contributed by atoms with E-state index in [1.807, 2.05) is 36.7 Å². The summed E-state index contributed by atoms with van der Waals surface area (Å²) in [6, 6.07) is 7.49. The smallest absolute Gasteiger partial charge is 0.238 e. The van der Waals surface area contributed by atoms with Gasteiger partial charge in [0.2, 0.25) is 5.91 Å². The van der Waals surface area contributed by atoms with E-state index in [4.69, 9.17) is 10.7 Å². The van der Waals surface area contributed by atoms with Crippen LogP contribution in [0.4, 0.5) is 5.69 Å². The number of nitrogens with two attached hydrogens (primary N) is 1. The second kappa shape index (κ2) is 6.47. The molecule has 23 heavy (non-hydrogen) atoms. The molecular formula is C16H19N5OS. The zero-order chi connectivity index (χ0) is 16.4. The molecule has 2 heterocycles. The average molecular weight is 329 g/mol. The van der Waals surface area contributed by atoms with Gasteiger partial charge in [0.25, 0.3) is 0 Å². The van der Waals surface area contributed by atoms with Crippen LogP contribution in [0.15, 0.2) is 40.8 Å². The summed E-state index contributed by atoms with van der Waals surface area (Å²) in [6.07, 6.45) is 1.39. The van der Waals surface area contributed by atoms with Crippen LogP contribution in [0.3, 0.4) is 0 Å². The lowest BCUT2D eigenvalue weighted by molar-refractivity contribution is -0.122. The lowest BCUT2D eigenvalue weighted by Gasteiger charge is -2.23. The minimum absolute atomic E-state index is 0.211. The number of benzene rings is 1. The third-order valence-corrected chi connectivity index (χ3v) is 4.44. The van der Waals surface area contributed by atoms with Crippen LogP contribution in [-0.4, -0.2) is 42.4 Å². The predicted molar refractivity (Wildman–Crippen MR) is 93.0 cm³/mol. The number of thiazole rings is 1.